The summed E-state index contributed by atoms with van der Waals surface area (Å²) in [7, 11) is 0. The molecule has 0 aliphatic carbocycles. The first-order valence-electron chi connectivity index (χ1n) is 7.07. The Labute approximate surface area is 129 Å². The number of rotatable bonds is 3. The topological polar surface area (TPSA) is 112 Å². The Balaban J connectivity index is 1.71. The molecule has 1 aromatic carbocycles. The SMILES string of the molecule is O=c1ccc2ccc(NCC3OC(O)C(O)[C@@H](O)[C@@H]3[18F])cc2o1. The molecule has 1 saturated heterocycles. The lowest BCUT2D eigenvalue weighted by atomic mass is 10.00. The minimum Gasteiger partial charge on any atom is -0.423 e. The second kappa shape index (κ2) is 6.25. The van der Waals surface area contributed by atoms with Gasteiger partial charge in [-0.15, -0.1) is 0 Å². The number of anilines is 1. The summed E-state index contributed by atoms with van der Waals surface area (Å²) in [5.74, 6) is 0. The van der Waals surface area contributed by atoms with E-state index in [2.05, 4.69) is 5.32 Å². The molecule has 0 bridgehead atoms. The fourth-order valence-electron chi connectivity index (χ4n) is 2.46. The van der Waals surface area contributed by atoms with Crippen molar-refractivity contribution in [3.05, 3.63) is 40.8 Å². The molecule has 0 saturated carbocycles. The lowest BCUT2D eigenvalue weighted by Gasteiger charge is -2.37. The van der Waals surface area contributed by atoms with Gasteiger partial charge < -0.3 is 29.8 Å². The zero-order valence-electron chi connectivity index (χ0n) is 11.9. The molecule has 0 amide bonds. The first kappa shape index (κ1) is 15.9. The highest BCUT2D eigenvalue weighted by molar-refractivity contribution is 5.80. The number of halogens is 1. The first-order valence-corrected chi connectivity index (χ1v) is 7.07. The number of alkyl halides is 1. The minimum atomic E-state index is -1.85. The predicted molar refractivity (Wildman–Crippen MR) is 78.8 cm³/mol. The number of nitrogens with one attached hydrogen (secondary N) is 1. The van der Waals surface area contributed by atoms with Crippen LogP contribution in [0.1, 0.15) is 0 Å². The number of hydrogen-bond donors (Lipinski definition) is 4. The molecule has 0 spiro atoms. The summed E-state index contributed by atoms with van der Waals surface area (Å²) in [5.41, 5.74) is 0.450. The van der Waals surface area contributed by atoms with E-state index in [9.17, 15) is 24.5 Å². The lowest BCUT2D eigenvalue weighted by molar-refractivity contribution is -0.266. The van der Waals surface area contributed by atoms with Crippen molar-refractivity contribution in [1.82, 2.24) is 0 Å². The van der Waals surface area contributed by atoms with Crippen LogP contribution in [0, 0.1) is 0 Å². The Morgan fingerprint density at radius 1 is 1.13 bits per heavy atom. The Morgan fingerprint density at radius 2 is 1.87 bits per heavy atom. The van der Waals surface area contributed by atoms with Gasteiger partial charge in [0.15, 0.2) is 12.5 Å². The van der Waals surface area contributed by atoms with Crippen molar-refractivity contribution in [3.8, 4) is 0 Å². The summed E-state index contributed by atoms with van der Waals surface area (Å²) in [5, 5.41) is 31.9. The van der Waals surface area contributed by atoms with Crippen molar-refractivity contribution in [1.29, 1.82) is 0 Å². The minimum absolute atomic E-state index is 0.0510. The molecule has 1 aliphatic heterocycles. The largest absolute Gasteiger partial charge is 0.423 e. The molecule has 7 nitrogen and oxygen atoms in total. The van der Waals surface area contributed by atoms with Crippen molar-refractivity contribution in [2.45, 2.75) is 30.8 Å². The fraction of sp³-hybridized carbons (Fsp3) is 0.400. The van der Waals surface area contributed by atoms with Gasteiger partial charge in [0, 0.05) is 29.8 Å². The third kappa shape index (κ3) is 3.20. The van der Waals surface area contributed by atoms with Crippen LogP contribution in [0.3, 0.4) is 0 Å². The van der Waals surface area contributed by atoms with Crippen LogP contribution in [-0.2, 0) is 4.74 Å². The summed E-state index contributed by atoms with van der Waals surface area (Å²) in [6.07, 6.45) is -8.05. The van der Waals surface area contributed by atoms with E-state index in [1.807, 2.05) is 0 Å². The van der Waals surface area contributed by atoms with Crippen LogP contribution in [-0.4, -0.2) is 52.6 Å². The average Bonchev–Trinajstić information content (AvgIpc) is 2.54. The summed E-state index contributed by atoms with van der Waals surface area (Å²) in [4.78, 5) is 11.2. The smallest absolute Gasteiger partial charge is 0.336 e. The maximum atomic E-state index is 13.9. The fourth-order valence-corrected chi connectivity index (χ4v) is 2.46. The molecule has 2 heterocycles. The Bertz CT molecular complexity index is 750. The molecular formula is C15H16FNO6. The number of aliphatic hydroxyl groups excluding tert-OH is 3. The van der Waals surface area contributed by atoms with E-state index in [0.717, 1.165) is 5.39 Å². The van der Waals surface area contributed by atoms with E-state index in [-0.39, 0.29) is 6.54 Å². The normalized spacial score (nSPS) is 31.2. The molecule has 8 heteroatoms. The van der Waals surface area contributed by atoms with Gasteiger partial charge in [-0.3, -0.25) is 0 Å². The van der Waals surface area contributed by atoms with Gasteiger partial charge in [0.25, 0.3) is 0 Å². The van der Waals surface area contributed by atoms with E-state index in [0.29, 0.717) is 11.3 Å². The van der Waals surface area contributed by atoms with Gasteiger partial charge in [-0.1, -0.05) is 0 Å². The maximum Gasteiger partial charge on any atom is 0.336 e. The molecule has 5 atom stereocenters. The van der Waals surface area contributed by atoms with Crippen LogP contribution in [0.15, 0.2) is 39.5 Å². The second-order valence-corrected chi connectivity index (χ2v) is 5.38. The molecule has 3 rings (SSSR count). The van der Waals surface area contributed by atoms with E-state index < -0.39 is 36.4 Å². The second-order valence-electron chi connectivity index (χ2n) is 5.38. The molecule has 4 N–H and O–H groups in total. The molecule has 23 heavy (non-hydrogen) atoms. The van der Waals surface area contributed by atoms with Crippen LogP contribution in [0.4, 0.5) is 10.1 Å². The zero-order chi connectivity index (χ0) is 16.6. The highest BCUT2D eigenvalue weighted by Gasteiger charge is 2.44. The van der Waals surface area contributed by atoms with Gasteiger partial charge in [0.1, 0.15) is 23.9 Å². The molecule has 0 radical (unpaired) electrons. The van der Waals surface area contributed by atoms with Crippen molar-refractivity contribution in [2.75, 3.05) is 11.9 Å². The van der Waals surface area contributed by atoms with Crippen molar-refractivity contribution in [3.63, 3.8) is 0 Å². The van der Waals surface area contributed by atoms with E-state index in [4.69, 9.17) is 9.15 Å². The van der Waals surface area contributed by atoms with Crippen LogP contribution < -0.4 is 10.9 Å². The van der Waals surface area contributed by atoms with Gasteiger partial charge >= 0.3 is 5.63 Å². The molecule has 3 unspecified atom stereocenters. The van der Waals surface area contributed by atoms with Crippen LogP contribution >= 0.6 is 0 Å². The van der Waals surface area contributed by atoms with E-state index in [1.165, 1.54) is 6.07 Å². The first-order chi connectivity index (χ1) is 11.0. The standard InChI is InChI=1S/C15H16FNO6/c16-12-10(23-15(21)14(20)13(12)19)6-17-8-3-1-7-2-4-11(18)22-9(7)5-8/h1-5,10,12-15,17,19-21H,6H2/t10?,12-,13+,14?,15?/m1/s1/i16-1. The number of fused-ring (bicyclic) bond motifs is 1. The number of ether oxygens (including phenoxy) is 1. The quantitative estimate of drug-likeness (QED) is 0.587. The predicted octanol–water partition coefficient (Wildman–Crippen LogP) is -0.0180. The summed E-state index contributed by atoms with van der Waals surface area (Å²) in [6, 6.07) is 7.95. The highest BCUT2D eigenvalue weighted by atomic mass is 18.2. The van der Waals surface area contributed by atoms with Crippen molar-refractivity contribution in [2.24, 2.45) is 0 Å². The Morgan fingerprint density at radius 3 is 2.65 bits per heavy atom. The number of hydrogen-bond acceptors (Lipinski definition) is 7. The van der Waals surface area contributed by atoms with E-state index >= 15 is 0 Å². The van der Waals surface area contributed by atoms with Crippen molar-refractivity contribution < 1.29 is 28.9 Å². The molecule has 1 fully saturated rings. The number of aliphatic hydroxyl groups is 3. The average molecular weight is 324 g/mol. The van der Waals surface area contributed by atoms with Crippen LogP contribution in [0.25, 0.3) is 11.0 Å². The van der Waals surface area contributed by atoms with Crippen molar-refractivity contribution >= 4 is 16.7 Å². The summed E-state index contributed by atoms with van der Waals surface area (Å²) >= 11 is 0. The van der Waals surface area contributed by atoms with Crippen LogP contribution in [0.5, 0.6) is 0 Å². The molecule has 1 aliphatic rings. The van der Waals surface area contributed by atoms with Gasteiger partial charge in [-0.05, 0) is 18.2 Å². The Kier molecular flexibility index (Phi) is 4.31. The summed E-state index contributed by atoms with van der Waals surface area (Å²) < 4.78 is 23.9. The van der Waals surface area contributed by atoms with Gasteiger partial charge in [0.05, 0.1) is 0 Å². The molecule has 1 aromatic heterocycles. The van der Waals surface area contributed by atoms with Crippen LogP contribution in [0.2, 0.25) is 0 Å². The highest BCUT2D eigenvalue weighted by Crippen LogP contribution is 2.23. The summed E-state index contributed by atoms with van der Waals surface area (Å²) in [6.45, 7) is -0.0510. The molecule has 124 valence electrons. The third-order valence-corrected chi connectivity index (χ3v) is 3.77. The van der Waals surface area contributed by atoms with Gasteiger partial charge in [-0.25, -0.2) is 9.18 Å². The molecule has 2 aromatic rings. The number of benzene rings is 1. The van der Waals surface area contributed by atoms with E-state index in [1.54, 1.807) is 24.3 Å². The van der Waals surface area contributed by atoms with Gasteiger partial charge in [-0.2, -0.15) is 0 Å². The Hall–Kier alpha value is -2.00. The monoisotopic (exact) mass is 324 g/mol. The maximum absolute atomic E-state index is 13.9. The third-order valence-electron chi connectivity index (χ3n) is 3.77. The van der Waals surface area contributed by atoms with Gasteiger partial charge in [0.2, 0.25) is 0 Å². The molecular weight excluding hydrogens is 308 g/mol. The lowest BCUT2D eigenvalue weighted by Crippen LogP contribution is -2.57. The zero-order valence-corrected chi connectivity index (χ0v) is 11.9.